The molecule has 1 heterocycles. The molecule has 0 radical (unpaired) electrons. The van der Waals surface area contributed by atoms with Crippen LogP contribution in [0.25, 0.3) is 0 Å². The maximum atomic E-state index is 12.0. The number of rotatable bonds is 9. The van der Waals surface area contributed by atoms with Crippen LogP contribution in [0.5, 0.6) is 11.5 Å². The molecule has 8 heteroatoms. The van der Waals surface area contributed by atoms with Crippen molar-refractivity contribution in [1.29, 1.82) is 0 Å². The van der Waals surface area contributed by atoms with Crippen LogP contribution < -0.4 is 9.47 Å². The molecule has 0 aliphatic carbocycles. The third-order valence-corrected chi connectivity index (χ3v) is 6.37. The quantitative estimate of drug-likeness (QED) is 0.641. The Morgan fingerprint density at radius 2 is 1.84 bits per heavy atom. The molecule has 0 bridgehead atoms. The van der Waals surface area contributed by atoms with E-state index in [9.17, 15) is 13.5 Å². The number of methoxy groups -OCH3 is 1. The minimum atomic E-state index is -3.29. The first kappa shape index (κ1) is 20.0. The van der Waals surface area contributed by atoms with Gasteiger partial charge in [-0.05, 0) is 30.7 Å². The normalized spacial score (nSPS) is 21.6. The molecule has 0 spiro atoms. The van der Waals surface area contributed by atoms with E-state index in [0.717, 1.165) is 24.5 Å². The van der Waals surface area contributed by atoms with Crippen LogP contribution in [0.15, 0.2) is 24.3 Å². The van der Waals surface area contributed by atoms with Crippen molar-refractivity contribution in [3.63, 3.8) is 0 Å². The summed E-state index contributed by atoms with van der Waals surface area (Å²) in [6, 6.07) is 7.42. The van der Waals surface area contributed by atoms with Crippen LogP contribution in [0.3, 0.4) is 0 Å². The van der Waals surface area contributed by atoms with Gasteiger partial charge in [0.1, 0.15) is 11.5 Å². The van der Waals surface area contributed by atoms with Gasteiger partial charge in [0.2, 0.25) is 10.0 Å². The molecule has 1 aliphatic heterocycles. The van der Waals surface area contributed by atoms with Crippen molar-refractivity contribution in [3.8, 4) is 11.5 Å². The average molecular weight is 372 g/mol. The Kier molecular flexibility index (Phi) is 7.06. The summed E-state index contributed by atoms with van der Waals surface area (Å²) in [6.07, 6.45) is 0.212. The number of β-amino-alcohol motifs (C(OH)–C–C–N with tert-alkyl or cyclic N) is 1. The molecule has 1 aliphatic rings. The molecule has 2 atom stereocenters. The minimum Gasteiger partial charge on any atom is -0.497 e. The first-order valence-electron chi connectivity index (χ1n) is 8.39. The van der Waals surface area contributed by atoms with Gasteiger partial charge >= 0.3 is 0 Å². The molecule has 1 aromatic carbocycles. The summed E-state index contributed by atoms with van der Waals surface area (Å²) in [4.78, 5) is 2.10. The van der Waals surface area contributed by atoms with Gasteiger partial charge in [0, 0.05) is 39.6 Å². The standard InChI is InChI=1S/C17H28N2O5S/c1-18(2)25(21,22)13-14-11-19(12-17(14)20)9-4-10-24-16-7-5-15(23-3)6-8-16/h5-8,14,17,20H,4,9-13H2,1-3H3/t14-,17+/m0/s1. The van der Waals surface area contributed by atoms with Gasteiger partial charge in [0.05, 0.1) is 25.6 Å². The second kappa shape index (κ2) is 8.84. The molecule has 0 amide bonds. The topological polar surface area (TPSA) is 79.3 Å². The van der Waals surface area contributed by atoms with E-state index in [-0.39, 0.29) is 11.7 Å². The van der Waals surface area contributed by atoms with Crippen molar-refractivity contribution >= 4 is 10.0 Å². The van der Waals surface area contributed by atoms with Crippen LogP contribution in [0.4, 0.5) is 0 Å². The van der Waals surface area contributed by atoms with E-state index >= 15 is 0 Å². The zero-order chi connectivity index (χ0) is 18.4. The van der Waals surface area contributed by atoms with Crippen LogP contribution in [0, 0.1) is 5.92 Å². The van der Waals surface area contributed by atoms with Crippen molar-refractivity contribution in [2.24, 2.45) is 5.92 Å². The lowest BCUT2D eigenvalue weighted by molar-refractivity contribution is 0.147. The number of aliphatic hydroxyl groups excluding tert-OH is 1. The average Bonchev–Trinajstić information content (AvgIpc) is 2.91. The molecule has 0 aromatic heterocycles. The molecule has 1 N–H and O–H groups in total. The molecule has 7 nitrogen and oxygen atoms in total. The highest BCUT2D eigenvalue weighted by Gasteiger charge is 2.34. The SMILES string of the molecule is COc1ccc(OCCCN2C[C@@H](CS(=O)(=O)N(C)C)[C@H](O)C2)cc1. The lowest BCUT2D eigenvalue weighted by Crippen LogP contribution is -2.33. The molecular formula is C17H28N2O5S. The Bertz CT molecular complexity index is 633. The summed E-state index contributed by atoms with van der Waals surface area (Å²) in [5.74, 6) is 1.32. The number of hydrogen-bond donors (Lipinski definition) is 1. The Morgan fingerprint density at radius 3 is 2.44 bits per heavy atom. The van der Waals surface area contributed by atoms with Gasteiger partial charge in [-0.1, -0.05) is 0 Å². The summed E-state index contributed by atoms with van der Waals surface area (Å²) >= 11 is 0. The number of aliphatic hydroxyl groups is 1. The van der Waals surface area contributed by atoms with Gasteiger partial charge in [-0.3, -0.25) is 0 Å². The number of ether oxygens (including phenoxy) is 2. The summed E-state index contributed by atoms with van der Waals surface area (Å²) < 4.78 is 35.9. The van der Waals surface area contributed by atoms with E-state index in [2.05, 4.69) is 4.90 Å². The lowest BCUT2D eigenvalue weighted by Gasteiger charge is -2.18. The van der Waals surface area contributed by atoms with Gasteiger partial charge in [0.25, 0.3) is 0 Å². The van der Waals surface area contributed by atoms with E-state index in [0.29, 0.717) is 19.7 Å². The largest absolute Gasteiger partial charge is 0.497 e. The van der Waals surface area contributed by atoms with E-state index in [4.69, 9.17) is 9.47 Å². The third kappa shape index (κ3) is 5.85. The summed E-state index contributed by atoms with van der Waals surface area (Å²) in [5.41, 5.74) is 0. The Hall–Kier alpha value is -1.35. The Balaban J connectivity index is 1.71. The smallest absolute Gasteiger partial charge is 0.214 e. The van der Waals surface area contributed by atoms with Crippen molar-refractivity contribution in [3.05, 3.63) is 24.3 Å². The predicted octanol–water partition coefficient (Wildman–Crippen LogP) is 0.648. The van der Waals surface area contributed by atoms with Gasteiger partial charge in [0.15, 0.2) is 0 Å². The second-order valence-corrected chi connectivity index (χ2v) is 8.75. The predicted molar refractivity (Wildman–Crippen MR) is 96.5 cm³/mol. The third-order valence-electron chi connectivity index (χ3n) is 4.41. The first-order chi connectivity index (χ1) is 11.8. The number of likely N-dealkylation sites (tertiary alicyclic amines) is 1. The molecule has 1 fully saturated rings. The highest BCUT2D eigenvalue weighted by molar-refractivity contribution is 7.89. The van der Waals surface area contributed by atoms with E-state index < -0.39 is 16.1 Å². The number of hydrogen-bond acceptors (Lipinski definition) is 6. The second-order valence-electron chi connectivity index (χ2n) is 6.53. The van der Waals surface area contributed by atoms with Crippen LogP contribution in [-0.2, 0) is 10.0 Å². The molecule has 2 rings (SSSR count). The molecule has 1 saturated heterocycles. The van der Waals surface area contributed by atoms with Gasteiger partial charge in [-0.25, -0.2) is 12.7 Å². The number of nitrogens with zero attached hydrogens (tertiary/aromatic N) is 2. The molecule has 142 valence electrons. The molecule has 0 unspecified atom stereocenters. The molecular weight excluding hydrogens is 344 g/mol. The van der Waals surface area contributed by atoms with Crippen molar-refractivity contribution in [1.82, 2.24) is 9.21 Å². The van der Waals surface area contributed by atoms with Crippen LogP contribution in [-0.4, -0.2) is 82.0 Å². The minimum absolute atomic E-state index is 0.0139. The zero-order valence-corrected chi connectivity index (χ0v) is 15.9. The van der Waals surface area contributed by atoms with Gasteiger partial charge < -0.3 is 19.5 Å². The van der Waals surface area contributed by atoms with E-state index in [1.165, 1.54) is 18.4 Å². The van der Waals surface area contributed by atoms with Crippen molar-refractivity contribution in [2.75, 3.05) is 53.2 Å². The van der Waals surface area contributed by atoms with E-state index in [1.807, 2.05) is 24.3 Å². The zero-order valence-electron chi connectivity index (χ0n) is 15.1. The lowest BCUT2D eigenvalue weighted by atomic mass is 10.1. The van der Waals surface area contributed by atoms with Crippen LogP contribution in [0.2, 0.25) is 0 Å². The monoisotopic (exact) mass is 372 g/mol. The summed E-state index contributed by atoms with van der Waals surface area (Å²) in [5, 5.41) is 10.1. The van der Waals surface area contributed by atoms with Gasteiger partial charge in [-0.2, -0.15) is 0 Å². The van der Waals surface area contributed by atoms with Crippen molar-refractivity contribution in [2.45, 2.75) is 12.5 Å². The van der Waals surface area contributed by atoms with E-state index in [1.54, 1.807) is 7.11 Å². The highest BCUT2D eigenvalue weighted by Crippen LogP contribution is 2.20. The molecule has 1 aromatic rings. The molecule has 0 saturated carbocycles. The fourth-order valence-corrected chi connectivity index (χ4v) is 4.02. The fraction of sp³-hybridized carbons (Fsp3) is 0.647. The Labute approximate surface area is 150 Å². The summed E-state index contributed by atoms with van der Waals surface area (Å²) in [7, 11) is 1.37. The maximum Gasteiger partial charge on any atom is 0.214 e. The van der Waals surface area contributed by atoms with Crippen LogP contribution in [0.1, 0.15) is 6.42 Å². The van der Waals surface area contributed by atoms with Gasteiger partial charge in [-0.15, -0.1) is 0 Å². The fourth-order valence-electron chi connectivity index (χ4n) is 2.86. The Morgan fingerprint density at radius 1 is 1.20 bits per heavy atom. The first-order valence-corrected chi connectivity index (χ1v) is 10.00. The maximum absolute atomic E-state index is 12.0. The summed E-state index contributed by atoms with van der Waals surface area (Å²) in [6.45, 7) is 2.44. The van der Waals surface area contributed by atoms with Crippen molar-refractivity contribution < 1.29 is 23.0 Å². The highest BCUT2D eigenvalue weighted by atomic mass is 32.2. The molecule has 25 heavy (non-hydrogen) atoms. The number of benzene rings is 1. The number of sulfonamides is 1. The van der Waals surface area contributed by atoms with Crippen LogP contribution >= 0.6 is 0 Å².